The molecule has 2 rings (SSSR count). The lowest BCUT2D eigenvalue weighted by atomic mass is 9.97. The summed E-state index contributed by atoms with van der Waals surface area (Å²) in [5.74, 6) is 0.418. The molecule has 1 unspecified atom stereocenters. The maximum absolute atomic E-state index is 5.97. The van der Waals surface area contributed by atoms with Crippen molar-refractivity contribution in [3.63, 3.8) is 0 Å². The van der Waals surface area contributed by atoms with Crippen LogP contribution in [0, 0.1) is 0 Å². The van der Waals surface area contributed by atoms with Crippen molar-refractivity contribution < 1.29 is 4.74 Å². The molecule has 0 radical (unpaired) electrons. The zero-order chi connectivity index (χ0) is 14.4. The van der Waals surface area contributed by atoms with E-state index in [0.29, 0.717) is 12.5 Å². The van der Waals surface area contributed by atoms with Gasteiger partial charge in [0.05, 0.1) is 13.2 Å². The molecule has 1 fully saturated rings. The molecule has 0 saturated carbocycles. The van der Waals surface area contributed by atoms with Crippen molar-refractivity contribution in [2.45, 2.75) is 12.5 Å². The molecular formula is C16H27N3O. The van der Waals surface area contributed by atoms with E-state index in [1.54, 1.807) is 0 Å². The van der Waals surface area contributed by atoms with E-state index in [1.165, 1.54) is 11.1 Å². The fraction of sp³-hybridized carbons (Fsp3) is 0.625. The van der Waals surface area contributed by atoms with Gasteiger partial charge in [-0.05, 0) is 25.2 Å². The second-order valence-electron chi connectivity index (χ2n) is 5.82. The van der Waals surface area contributed by atoms with Gasteiger partial charge in [0.25, 0.3) is 0 Å². The minimum Gasteiger partial charge on any atom is -0.379 e. The molecule has 2 N–H and O–H groups in total. The highest BCUT2D eigenvalue weighted by Crippen LogP contribution is 2.18. The molecule has 1 aliphatic heterocycles. The van der Waals surface area contributed by atoms with Crippen LogP contribution in [0.15, 0.2) is 24.3 Å². The van der Waals surface area contributed by atoms with E-state index in [-0.39, 0.29) is 0 Å². The quantitative estimate of drug-likeness (QED) is 0.846. The summed E-state index contributed by atoms with van der Waals surface area (Å²) >= 11 is 0. The molecule has 112 valence electrons. The van der Waals surface area contributed by atoms with Gasteiger partial charge in [-0.2, -0.15) is 0 Å². The maximum Gasteiger partial charge on any atom is 0.0594 e. The van der Waals surface area contributed by atoms with Crippen LogP contribution in [0.1, 0.15) is 17.0 Å². The predicted molar refractivity (Wildman–Crippen MR) is 82.9 cm³/mol. The highest BCUT2D eigenvalue weighted by molar-refractivity contribution is 5.26. The largest absolute Gasteiger partial charge is 0.379 e. The first kappa shape index (κ1) is 15.4. The van der Waals surface area contributed by atoms with Gasteiger partial charge in [0.1, 0.15) is 0 Å². The third kappa shape index (κ3) is 4.56. The van der Waals surface area contributed by atoms with E-state index in [4.69, 9.17) is 10.5 Å². The van der Waals surface area contributed by atoms with E-state index >= 15 is 0 Å². The summed E-state index contributed by atoms with van der Waals surface area (Å²) in [6.07, 6.45) is 0. The van der Waals surface area contributed by atoms with E-state index < -0.39 is 0 Å². The molecule has 1 atom stereocenters. The van der Waals surface area contributed by atoms with Crippen LogP contribution in [0.3, 0.4) is 0 Å². The first-order chi connectivity index (χ1) is 9.69. The number of nitrogens with zero attached hydrogens (tertiary/aromatic N) is 2. The Labute approximate surface area is 122 Å². The van der Waals surface area contributed by atoms with Crippen molar-refractivity contribution in [1.29, 1.82) is 0 Å². The molecular weight excluding hydrogens is 250 g/mol. The number of hydrogen-bond acceptors (Lipinski definition) is 4. The number of benzene rings is 1. The van der Waals surface area contributed by atoms with E-state index in [0.717, 1.165) is 39.4 Å². The molecule has 4 nitrogen and oxygen atoms in total. The van der Waals surface area contributed by atoms with Gasteiger partial charge in [0.15, 0.2) is 0 Å². The SMILES string of the molecule is CN(C)Cc1ccc(C(CN)CN2CCOCC2)cc1. The molecule has 0 aromatic heterocycles. The topological polar surface area (TPSA) is 41.7 Å². The fourth-order valence-electron chi connectivity index (χ4n) is 2.67. The molecule has 20 heavy (non-hydrogen) atoms. The number of ether oxygens (including phenoxy) is 1. The molecule has 1 saturated heterocycles. The molecule has 1 aliphatic rings. The maximum atomic E-state index is 5.97. The Morgan fingerprint density at radius 3 is 2.40 bits per heavy atom. The average Bonchev–Trinajstić information content (AvgIpc) is 2.46. The normalized spacial score (nSPS) is 18.4. The lowest BCUT2D eigenvalue weighted by Gasteiger charge is -2.30. The molecule has 1 aromatic rings. The number of morpholine rings is 1. The number of nitrogens with two attached hydrogens (primary N) is 1. The van der Waals surface area contributed by atoms with Crippen LogP contribution in [-0.2, 0) is 11.3 Å². The highest BCUT2D eigenvalue weighted by Gasteiger charge is 2.17. The van der Waals surface area contributed by atoms with Gasteiger partial charge in [0.2, 0.25) is 0 Å². The Kier molecular flexibility index (Phi) is 5.98. The number of rotatable bonds is 6. The first-order valence-electron chi connectivity index (χ1n) is 7.43. The van der Waals surface area contributed by atoms with E-state index in [2.05, 4.69) is 48.2 Å². The first-order valence-corrected chi connectivity index (χ1v) is 7.43. The minimum atomic E-state index is 0.418. The predicted octanol–water partition coefficient (Wildman–Crippen LogP) is 1.12. The smallest absolute Gasteiger partial charge is 0.0594 e. The molecule has 0 bridgehead atoms. The summed E-state index contributed by atoms with van der Waals surface area (Å²) < 4.78 is 5.40. The van der Waals surface area contributed by atoms with Crippen LogP contribution in [0.4, 0.5) is 0 Å². The minimum absolute atomic E-state index is 0.418. The summed E-state index contributed by atoms with van der Waals surface area (Å²) in [5, 5.41) is 0. The summed E-state index contributed by atoms with van der Waals surface area (Å²) in [4.78, 5) is 4.64. The van der Waals surface area contributed by atoms with Crippen molar-refractivity contribution in [2.24, 2.45) is 5.73 Å². The Hall–Kier alpha value is -0.940. The lowest BCUT2D eigenvalue weighted by Crippen LogP contribution is -2.40. The summed E-state index contributed by atoms with van der Waals surface area (Å²) in [5.41, 5.74) is 8.67. The molecule has 0 spiro atoms. The average molecular weight is 277 g/mol. The van der Waals surface area contributed by atoms with E-state index in [9.17, 15) is 0 Å². The van der Waals surface area contributed by atoms with Crippen molar-refractivity contribution in [2.75, 3.05) is 53.5 Å². The van der Waals surface area contributed by atoms with Gasteiger partial charge < -0.3 is 15.4 Å². The van der Waals surface area contributed by atoms with Crippen molar-refractivity contribution in [1.82, 2.24) is 9.80 Å². The van der Waals surface area contributed by atoms with Crippen LogP contribution in [0.25, 0.3) is 0 Å². The Morgan fingerprint density at radius 2 is 1.85 bits per heavy atom. The Morgan fingerprint density at radius 1 is 1.20 bits per heavy atom. The molecule has 4 heteroatoms. The van der Waals surface area contributed by atoms with Crippen LogP contribution < -0.4 is 5.73 Å². The summed E-state index contributed by atoms with van der Waals surface area (Å²) in [6, 6.07) is 8.90. The van der Waals surface area contributed by atoms with Gasteiger partial charge in [0, 0.05) is 38.6 Å². The van der Waals surface area contributed by atoms with Crippen molar-refractivity contribution in [3.8, 4) is 0 Å². The third-order valence-corrected chi connectivity index (χ3v) is 3.82. The monoisotopic (exact) mass is 277 g/mol. The zero-order valence-corrected chi connectivity index (χ0v) is 12.7. The van der Waals surface area contributed by atoms with Crippen molar-refractivity contribution >= 4 is 0 Å². The Bertz CT molecular complexity index is 385. The third-order valence-electron chi connectivity index (χ3n) is 3.82. The zero-order valence-electron chi connectivity index (χ0n) is 12.7. The highest BCUT2D eigenvalue weighted by atomic mass is 16.5. The van der Waals surface area contributed by atoms with Gasteiger partial charge >= 0.3 is 0 Å². The molecule has 0 aliphatic carbocycles. The van der Waals surface area contributed by atoms with Crippen LogP contribution in [-0.4, -0.2) is 63.3 Å². The number of hydrogen-bond donors (Lipinski definition) is 1. The second kappa shape index (κ2) is 7.74. The second-order valence-corrected chi connectivity index (χ2v) is 5.82. The molecule has 1 heterocycles. The standard InChI is InChI=1S/C16H27N3O/c1-18(2)12-14-3-5-15(6-4-14)16(11-17)13-19-7-9-20-10-8-19/h3-6,16H,7-13,17H2,1-2H3. The lowest BCUT2D eigenvalue weighted by molar-refractivity contribution is 0.0353. The van der Waals surface area contributed by atoms with Gasteiger partial charge in [-0.25, -0.2) is 0 Å². The van der Waals surface area contributed by atoms with Gasteiger partial charge in [-0.15, -0.1) is 0 Å². The van der Waals surface area contributed by atoms with Crippen molar-refractivity contribution in [3.05, 3.63) is 35.4 Å². The van der Waals surface area contributed by atoms with Crippen LogP contribution >= 0.6 is 0 Å². The van der Waals surface area contributed by atoms with Crippen LogP contribution in [0.5, 0.6) is 0 Å². The van der Waals surface area contributed by atoms with Gasteiger partial charge in [-0.3, -0.25) is 4.90 Å². The molecule has 1 aromatic carbocycles. The molecule has 0 amide bonds. The van der Waals surface area contributed by atoms with Gasteiger partial charge in [-0.1, -0.05) is 24.3 Å². The summed E-state index contributed by atoms with van der Waals surface area (Å²) in [6.45, 7) is 6.46. The fourth-order valence-corrected chi connectivity index (χ4v) is 2.67. The summed E-state index contributed by atoms with van der Waals surface area (Å²) in [7, 11) is 4.18. The van der Waals surface area contributed by atoms with Crippen LogP contribution in [0.2, 0.25) is 0 Å². The van der Waals surface area contributed by atoms with E-state index in [1.807, 2.05) is 0 Å². The Balaban J connectivity index is 1.95.